The van der Waals surface area contributed by atoms with Crippen LogP contribution in [0.2, 0.25) is 0 Å². The summed E-state index contributed by atoms with van der Waals surface area (Å²) in [6, 6.07) is 10.0. The lowest BCUT2D eigenvalue weighted by Gasteiger charge is -2.34. The van der Waals surface area contributed by atoms with Crippen molar-refractivity contribution in [2.45, 2.75) is 46.1 Å². The van der Waals surface area contributed by atoms with Gasteiger partial charge >= 0.3 is 0 Å². The monoisotopic (exact) mass is 290 g/mol. The molecular formula is C17H26N2O2. The number of hydrogen-bond acceptors (Lipinski definition) is 2. The molecule has 1 aromatic rings. The Balaban J connectivity index is 2.32. The maximum absolute atomic E-state index is 11.8. The Morgan fingerprint density at radius 1 is 1.14 bits per heavy atom. The van der Waals surface area contributed by atoms with Crippen molar-refractivity contribution in [3.63, 3.8) is 0 Å². The molecule has 0 saturated carbocycles. The summed E-state index contributed by atoms with van der Waals surface area (Å²) in [5.74, 6) is -0.0129. The fourth-order valence-corrected chi connectivity index (χ4v) is 2.26. The van der Waals surface area contributed by atoms with E-state index in [9.17, 15) is 9.59 Å². The van der Waals surface area contributed by atoms with Gasteiger partial charge in [-0.2, -0.15) is 0 Å². The van der Waals surface area contributed by atoms with Crippen LogP contribution >= 0.6 is 0 Å². The molecule has 0 saturated heterocycles. The molecule has 116 valence electrons. The lowest BCUT2D eigenvalue weighted by atomic mass is 10.1. The molecule has 0 aliphatic heterocycles. The normalized spacial score (nSPS) is 11.0. The zero-order valence-corrected chi connectivity index (χ0v) is 13.5. The molecule has 1 N–H and O–H groups in total. The molecule has 0 heterocycles. The molecule has 0 unspecified atom stereocenters. The van der Waals surface area contributed by atoms with Crippen LogP contribution in [0.5, 0.6) is 0 Å². The Kier molecular flexibility index (Phi) is 6.40. The van der Waals surface area contributed by atoms with E-state index in [4.69, 9.17) is 0 Å². The second kappa shape index (κ2) is 7.81. The minimum Gasteiger partial charge on any atom is -0.356 e. The van der Waals surface area contributed by atoms with Crippen LogP contribution < -0.4 is 5.32 Å². The van der Waals surface area contributed by atoms with Gasteiger partial charge in [0.25, 0.3) is 0 Å². The number of rotatable bonds is 6. The molecule has 4 nitrogen and oxygen atoms in total. The van der Waals surface area contributed by atoms with E-state index in [0.717, 1.165) is 6.42 Å². The van der Waals surface area contributed by atoms with Gasteiger partial charge in [0, 0.05) is 32.0 Å². The smallest absolute Gasteiger partial charge is 0.221 e. The Morgan fingerprint density at radius 3 is 2.29 bits per heavy atom. The van der Waals surface area contributed by atoms with Gasteiger partial charge in [-0.3, -0.25) is 9.59 Å². The number of benzene rings is 1. The van der Waals surface area contributed by atoms with Crippen LogP contribution in [0.25, 0.3) is 0 Å². The molecule has 0 bridgehead atoms. The van der Waals surface area contributed by atoms with Gasteiger partial charge in [0.05, 0.1) is 0 Å². The standard InChI is InChI=1S/C17H26N2O2/c1-14(20)19(17(2,3)4)13-11-16(21)18-12-10-15-8-6-5-7-9-15/h5-9H,10-13H2,1-4H3,(H,18,21). The summed E-state index contributed by atoms with van der Waals surface area (Å²) in [6.45, 7) is 8.54. The van der Waals surface area contributed by atoms with Crippen molar-refractivity contribution in [2.75, 3.05) is 13.1 Å². The maximum atomic E-state index is 11.8. The second-order valence-corrected chi connectivity index (χ2v) is 6.18. The van der Waals surface area contributed by atoms with Crippen molar-refractivity contribution in [1.29, 1.82) is 0 Å². The Bertz CT molecular complexity index is 463. The van der Waals surface area contributed by atoms with Crippen LogP contribution in [-0.2, 0) is 16.0 Å². The van der Waals surface area contributed by atoms with Gasteiger partial charge in [-0.1, -0.05) is 30.3 Å². The van der Waals surface area contributed by atoms with E-state index < -0.39 is 0 Å². The molecule has 0 aliphatic rings. The summed E-state index contributed by atoms with van der Waals surface area (Å²) >= 11 is 0. The highest BCUT2D eigenvalue weighted by Gasteiger charge is 2.23. The lowest BCUT2D eigenvalue weighted by Crippen LogP contribution is -2.46. The molecule has 1 rings (SSSR count). The molecule has 0 atom stereocenters. The fourth-order valence-electron chi connectivity index (χ4n) is 2.26. The number of carbonyl (C=O) groups is 2. The van der Waals surface area contributed by atoms with E-state index in [1.807, 2.05) is 51.1 Å². The van der Waals surface area contributed by atoms with Gasteiger partial charge in [-0.05, 0) is 32.8 Å². The summed E-state index contributed by atoms with van der Waals surface area (Å²) in [5, 5.41) is 2.90. The topological polar surface area (TPSA) is 49.4 Å². The summed E-state index contributed by atoms with van der Waals surface area (Å²) < 4.78 is 0. The van der Waals surface area contributed by atoms with Gasteiger partial charge in [0.1, 0.15) is 0 Å². The average Bonchev–Trinajstić information content (AvgIpc) is 2.38. The quantitative estimate of drug-likeness (QED) is 0.874. The lowest BCUT2D eigenvalue weighted by molar-refractivity contribution is -0.134. The highest BCUT2D eigenvalue weighted by atomic mass is 16.2. The number of carbonyl (C=O) groups excluding carboxylic acids is 2. The minimum absolute atomic E-state index is 0.000384. The number of nitrogens with one attached hydrogen (secondary N) is 1. The SMILES string of the molecule is CC(=O)N(CCC(=O)NCCc1ccccc1)C(C)(C)C. The molecule has 1 aromatic carbocycles. The Hall–Kier alpha value is -1.84. The summed E-state index contributed by atoms with van der Waals surface area (Å²) in [4.78, 5) is 25.2. The molecule has 0 aliphatic carbocycles. The largest absolute Gasteiger partial charge is 0.356 e. The molecule has 0 radical (unpaired) electrons. The van der Waals surface area contributed by atoms with Crippen LogP contribution in [0.15, 0.2) is 30.3 Å². The summed E-state index contributed by atoms with van der Waals surface area (Å²) in [7, 11) is 0. The highest BCUT2D eigenvalue weighted by molar-refractivity contribution is 5.78. The summed E-state index contributed by atoms with van der Waals surface area (Å²) in [5.41, 5.74) is 0.953. The van der Waals surface area contributed by atoms with Crippen LogP contribution in [0.4, 0.5) is 0 Å². The number of nitrogens with zero attached hydrogens (tertiary/aromatic N) is 1. The van der Waals surface area contributed by atoms with Crippen molar-refractivity contribution < 1.29 is 9.59 Å². The third kappa shape index (κ3) is 6.43. The third-order valence-electron chi connectivity index (χ3n) is 3.33. The van der Waals surface area contributed by atoms with Gasteiger partial charge in [0.15, 0.2) is 0 Å². The average molecular weight is 290 g/mol. The fraction of sp³-hybridized carbons (Fsp3) is 0.529. The second-order valence-electron chi connectivity index (χ2n) is 6.18. The zero-order chi connectivity index (χ0) is 15.9. The van der Waals surface area contributed by atoms with Gasteiger partial charge in [-0.25, -0.2) is 0 Å². The van der Waals surface area contributed by atoms with Crippen molar-refractivity contribution in [2.24, 2.45) is 0 Å². The first-order valence-corrected chi connectivity index (χ1v) is 7.39. The predicted octanol–water partition coefficient (Wildman–Crippen LogP) is 2.38. The van der Waals surface area contributed by atoms with E-state index in [-0.39, 0.29) is 17.4 Å². The Morgan fingerprint density at radius 2 is 1.76 bits per heavy atom. The van der Waals surface area contributed by atoms with Crippen LogP contribution in [0, 0.1) is 0 Å². The van der Waals surface area contributed by atoms with Gasteiger partial charge < -0.3 is 10.2 Å². The van der Waals surface area contributed by atoms with E-state index in [0.29, 0.717) is 19.5 Å². The number of hydrogen-bond donors (Lipinski definition) is 1. The van der Waals surface area contributed by atoms with Crippen LogP contribution in [0.1, 0.15) is 39.7 Å². The molecular weight excluding hydrogens is 264 g/mol. The molecule has 0 aromatic heterocycles. The highest BCUT2D eigenvalue weighted by Crippen LogP contribution is 2.13. The first kappa shape index (κ1) is 17.2. The van der Waals surface area contributed by atoms with E-state index >= 15 is 0 Å². The van der Waals surface area contributed by atoms with Crippen molar-refractivity contribution in [3.05, 3.63) is 35.9 Å². The minimum atomic E-state index is -0.254. The van der Waals surface area contributed by atoms with E-state index in [1.54, 1.807) is 11.8 Å². The molecule has 21 heavy (non-hydrogen) atoms. The van der Waals surface area contributed by atoms with Crippen molar-refractivity contribution in [3.8, 4) is 0 Å². The van der Waals surface area contributed by atoms with E-state index in [1.165, 1.54) is 5.56 Å². The van der Waals surface area contributed by atoms with Gasteiger partial charge in [0.2, 0.25) is 11.8 Å². The first-order chi connectivity index (χ1) is 9.80. The van der Waals surface area contributed by atoms with E-state index in [2.05, 4.69) is 5.32 Å². The maximum Gasteiger partial charge on any atom is 0.221 e. The van der Waals surface area contributed by atoms with Crippen molar-refractivity contribution >= 4 is 11.8 Å². The van der Waals surface area contributed by atoms with Crippen LogP contribution in [-0.4, -0.2) is 35.3 Å². The predicted molar refractivity (Wildman–Crippen MR) is 84.9 cm³/mol. The zero-order valence-electron chi connectivity index (χ0n) is 13.5. The summed E-state index contributed by atoms with van der Waals surface area (Å²) in [6.07, 6.45) is 1.16. The Labute approximate surface area is 127 Å². The van der Waals surface area contributed by atoms with Crippen molar-refractivity contribution in [1.82, 2.24) is 10.2 Å². The molecule has 0 spiro atoms. The molecule has 0 fully saturated rings. The molecule has 2 amide bonds. The van der Waals surface area contributed by atoms with Gasteiger partial charge in [-0.15, -0.1) is 0 Å². The third-order valence-corrected chi connectivity index (χ3v) is 3.33. The number of amides is 2. The first-order valence-electron chi connectivity index (χ1n) is 7.39. The van der Waals surface area contributed by atoms with Crippen LogP contribution in [0.3, 0.4) is 0 Å². The molecule has 4 heteroatoms.